The average molecular weight is 373 g/mol. The number of thiophene rings is 1. The summed E-state index contributed by atoms with van der Waals surface area (Å²) in [5.41, 5.74) is 0.766. The number of sulfonamides is 1. The van der Waals surface area contributed by atoms with E-state index < -0.39 is 22.0 Å². The molecule has 2 aromatic heterocycles. The summed E-state index contributed by atoms with van der Waals surface area (Å²) in [7, 11) is -3.68. The van der Waals surface area contributed by atoms with Crippen LogP contribution in [0.2, 0.25) is 0 Å². The molecule has 3 rings (SSSR count). The Bertz CT molecular complexity index is 827. The molecule has 0 radical (unpaired) electrons. The molecule has 1 saturated heterocycles. The highest BCUT2D eigenvalue weighted by Crippen LogP contribution is 2.33. The van der Waals surface area contributed by atoms with Gasteiger partial charge in [-0.25, -0.2) is 13.4 Å². The van der Waals surface area contributed by atoms with Gasteiger partial charge in [0.25, 0.3) is 10.0 Å². The number of carbonyl (C=O) groups is 1. The molecule has 0 spiro atoms. The molecule has 23 heavy (non-hydrogen) atoms. The number of aliphatic carboxylic acids is 1. The highest BCUT2D eigenvalue weighted by molar-refractivity contribution is 7.91. The van der Waals surface area contributed by atoms with Gasteiger partial charge in [-0.2, -0.15) is 4.31 Å². The Morgan fingerprint density at radius 2 is 2.26 bits per heavy atom. The van der Waals surface area contributed by atoms with Crippen molar-refractivity contribution in [3.05, 3.63) is 22.5 Å². The van der Waals surface area contributed by atoms with Gasteiger partial charge in [-0.3, -0.25) is 4.79 Å². The summed E-state index contributed by atoms with van der Waals surface area (Å²) in [6, 6.07) is 2.42. The van der Waals surface area contributed by atoms with E-state index in [0.717, 1.165) is 26.9 Å². The summed E-state index contributed by atoms with van der Waals surface area (Å²) in [5, 5.41) is 14.7. The van der Waals surface area contributed by atoms with Gasteiger partial charge >= 0.3 is 5.97 Å². The highest BCUT2D eigenvalue weighted by atomic mass is 32.2. The van der Waals surface area contributed by atoms with E-state index in [-0.39, 0.29) is 17.3 Å². The maximum Gasteiger partial charge on any atom is 0.322 e. The molecule has 1 fully saturated rings. The van der Waals surface area contributed by atoms with Crippen molar-refractivity contribution in [1.82, 2.24) is 14.6 Å². The SMILES string of the molecule is Cc1nc(-c2ccc(S(=O)(=O)N3CCN[C@@H](C(=O)O)C3)s2)cs1. The third-order valence-electron chi connectivity index (χ3n) is 3.48. The Hall–Kier alpha value is -1.33. The molecule has 1 aliphatic heterocycles. The molecule has 124 valence electrons. The van der Waals surface area contributed by atoms with Gasteiger partial charge in [0.1, 0.15) is 10.3 Å². The van der Waals surface area contributed by atoms with Crippen molar-refractivity contribution in [3.63, 3.8) is 0 Å². The quantitative estimate of drug-likeness (QED) is 0.836. The maximum atomic E-state index is 12.7. The first-order valence-corrected chi connectivity index (χ1v) is 10.0. The van der Waals surface area contributed by atoms with Crippen LogP contribution >= 0.6 is 22.7 Å². The number of hydrogen-bond donors (Lipinski definition) is 2. The second kappa shape index (κ2) is 6.29. The number of aromatic nitrogens is 1. The van der Waals surface area contributed by atoms with E-state index in [4.69, 9.17) is 5.11 Å². The number of carboxylic acids is 1. The lowest BCUT2D eigenvalue weighted by atomic mass is 10.2. The second-order valence-electron chi connectivity index (χ2n) is 5.08. The van der Waals surface area contributed by atoms with Crippen LogP contribution in [0.15, 0.2) is 21.7 Å². The third kappa shape index (κ3) is 3.31. The summed E-state index contributed by atoms with van der Waals surface area (Å²) in [5.74, 6) is -1.05. The van der Waals surface area contributed by atoms with Crippen LogP contribution in [0.5, 0.6) is 0 Å². The molecular formula is C13H15N3O4S3. The fourth-order valence-corrected chi connectivity index (χ4v) is 5.87. The van der Waals surface area contributed by atoms with Crippen LogP contribution in [0.1, 0.15) is 5.01 Å². The van der Waals surface area contributed by atoms with Crippen LogP contribution in [0, 0.1) is 6.92 Å². The van der Waals surface area contributed by atoms with Crippen molar-refractivity contribution in [2.45, 2.75) is 17.2 Å². The van der Waals surface area contributed by atoms with Gasteiger partial charge in [-0.15, -0.1) is 22.7 Å². The van der Waals surface area contributed by atoms with E-state index in [9.17, 15) is 13.2 Å². The lowest BCUT2D eigenvalue weighted by Crippen LogP contribution is -2.55. The molecule has 1 atom stereocenters. The summed E-state index contributed by atoms with van der Waals surface area (Å²) < 4.78 is 26.8. The van der Waals surface area contributed by atoms with Crippen molar-refractivity contribution >= 4 is 38.7 Å². The smallest absolute Gasteiger partial charge is 0.322 e. The van der Waals surface area contributed by atoms with E-state index in [0.29, 0.717) is 6.54 Å². The second-order valence-corrected chi connectivity index (χ2v) is 9.39. The predicted octanol–water partition coefficient (Wildman–Crippen LogP) is 1.23. The lowest BCUT2D eigenvalue weighted by molar-refractivity contribution is -0.140. The van der Waals surface area contributed by atoms with E-state index in [1.807, 2.05) is 12.3 Å². The summed E-state index contributed by atoms with van der Waals surface area (Å²) in [6.07, 6.45) is 0. The zero-order valence-electron chi connectivity index (χ0n) is 12.2. The van der Waals surface area contributed by atoms with Gasteiger partial charge in [0.15, 0.2) is 0 Å². The zero-order chi connectivity index (χ0) is 16.6. The van der Waals surface area contributed by atoms with Crippen molar-refractivity contribution < 1.29 is 18.3 Å². The summed E-state index contributed by atoms with van der Waals surface area (Å²) >= 11 is 2.67. The first-order valence-electron chi connectivity index (χ1n) is 6.86. The van der Waals surface area contributed by atoms with E-state index in [1.165, 1.54) is 15.6 Å². The van der Waals surface area contributed by atoms with Crippen LogP contribution in [0.4, 0.5) is 0 Å². The van der Waals surface area contributed by atoms with Crippen molar-refractivity contribution in [2.24, 2.45) is 0 Å². The number of piperazine rings is 1. The topological polar surface area (TPSA) is 99.6 Å². The number of carboxylic acid groups (broad SMARTS) is 1. The number of hydrogen-bond acceptors (Lipinski definition) is 7. The number of aryl methyl sites for hydroxylation is 1. The van der Waals surface area contributed by atoms with Crippen LogP contribution < -0.4 is 5.32 Å². The van der Waals surface area contributed by atoms with E-state index in [2.05, 4.69) is 10.3 Å². The standard InChI is InChI=1S/C13H15N3O4S3/c1-8-15-10(7-21-8)11-2-3-12(22-11)23(19,20)16-5-4-14-9(6-16)13(17)18/h2-3,7,9,14H,4-6H2,1H3,(H,17,18)/t9-/m1/s1. The van der Waals surface area contributed by atoms with E-state index in [1.54, 1.807) is 12.1 Å². The number of nitrogens with zero attached hydrogens (tertiary/aromatic N) is 2. The minimum Gasteiger partial charge on any atom is -0.480 e. The number of nitrogens with one attached hydrogen (secondary N) is 1. The first-order chi connectivity index (χ1) is 10.9. The van der Waals surface area contributed by atoms with Gasteiger partial charge in [-0.1, -0.05) is 0 Å². The molecule has 2 N–H and O–H groups in total. The summed E-state index contributed by atoms with van der Waals surface area (Å²) in [6.45, 7) is 2.40. The van der Waals surface area contributed by atoms with Gasteiger partial charge in [0.2, 0.25) is 0 Å². The van der Waals surface area contributed by atoms with Crippen molar-refractivity contribution in [2.75, 3.05) is 19.6 Å². The Morgan fingerprint density at radius 3 is 2.91 bits per heavy atom. The molecule has 1 aliphatic rings. The molecule has 2 aromatic rings. The summed E-state index contributed by atoms with van der Waals surface area (Å²) in [4.78, 5) is 16.2. The molecular weight excluding hydrogens is 358 g/mol. The Morgan fingerprint density at radius 1 is 1.48 bits per heavy atom. The van der Waals surface area contributed by atoms with Crippen LogP contribution in [0.25, 0.3) is 10.6 Å². The van der Waals surface area contributed by atoms with Crippen LogP contribution in [-0.2, 0) is 14.8 Å². The normalized spacial score (nSPS) is 19.8. The number of rotatable bonds is 4. The van der Waals surface area contributed by atoms with Gasteiger partial charge in [0, 0.05) is 25.0 Å². The minimum atomic E-state index is -3.68. The molecule has 7 nitrogen and oxygen atoms in total. The van der Waals surface area contributed by atoms with Crippen LogP contribution in [-0.4, -0.2) is 54.5 Å². The molecule has 0 bridgehead atoms. The minimum absolute atomic E-state index is 0.0687. The molecule has 0 aliphatic carbocycles. The highest BCUT2D eigenvalue weighted by Gasteiger charge is 2.33. The molecule has 0 unspecified atom stereocenters. The number of thiazole rings is 1. The molecule has 0 saturated carbocycles. The first kappa shape index (κ1) is 16.5. The Kier molecular flexibility index (Phi) is 4.52. The maximum absolute atomic E-state index is 12.7. The fourth-order valence-electron chi connectivity index (χ4n) is 2.31. The monoisotopic (exact) mass is 373 g/mol. The Balaban J connectivity index is 1.85. The molecule has 3 heterocycles. The fraction of sp³-hybridized carbons (Fsp3) is 0.385. The average Bonchev–Trinajstić information content (AvgIpc) is 3.16. The van der Waals surface area contributed by atoms with Gasteiger partial charge < -0.3 is 10.4 Å². The van der Waals surface area contributed by atoms with Gasteiger partial charge in [0.05, 0.1) is 15.6 Å². The van der Waals surface area contributed by atoms with Crippen LogP contribution in [0.3, 0.4) is 0 Å². The van der Waals surface area contributed by atoms with Crippen molar-refractivity contribution in [3.8, 4) is 10.6 Å². The lowest BCUT2D eigenvalue weighted by Gasteiger charge is -2.30. The van der Waals surface area contributed by atoms with Crippen molar-refractivity contribution in [1.29, 1.82) is 0 Å². The largest absolute Gasteiger partial charge is 0.480 e. The van der Waals surface area contributed by atoms with Gasteiger partial charge in [-0.05, 0) is 19.1 Å². The van der Waals surface area contributed by atoms with E-state index >= 15 is 0 Å². The third-order valence-corrected chi connectivity index (χ3v) is 7.70. The molecule has 0 amide bonds. The molecule has 10 heteroatoms. The Labute approximate surface area is 141 Å². The predicted molar refractivity (Wildman–Crippen MR) is 88.3 cm³/mol. The zero-order valence-corrected chi connectivity index (χ0v) is 14.7. The molecule has 0 aromatic carbocycles.